The molecule has 15 heteroatoms. The Morgan fingerprint density at radius 3 is 2.51 bits per heavy atom. The van der Waals surface area contributed by atoms with Crippen LogP contribution in [0.1, 0.15) is 51.8 Å². The molecule has 2 aliphatic heterocycles. The quantitative estimate of drug-likeness (QED) is 0.204. The highest BCUT2D eigenvalue weighted by atomic mass is 32.1. The zero-order chi connectivity index (χ0) is 38.9. The number of nitrogens with zero attached hydrogens (tertiary/aromatic N) is 6. The number of nitrogen functional groups attached to an aromatic ring is 1. The lowest BCUT2D eigenvalue weighted by atomic mass is 9.79. The Bertz CT molecular complexity index is 2260. The summed E-state index contributed by atoms with van der Waals surface area (Å²) in [5, 5.41) is 12.3. The third-order valence-electron chi connectivity index (χ3n) is 10.4. The fraction of sp³-hybridized carbons (Fsp3) is 0.350. The number of aliphatic hydroxyl groups is 1. The van der Waals surface area contributed by atoms with Crippen molar-refractivity contribution >= 4 is 28.8 Å². The number of rotatable bonds is 9. The van der Waals surface area contributed by atoms with Crippen molar-refractivity contribution in [3.05, 3.63) is 111 Å². The Balaban J connectivity index is 1.01. The van der Waals surface area contributed by atoms with E-state index in [1.165, 1.54) is 41.5 Å². The lowest BCUT2D eigenvalue weighted by Gasteiger charge is -2.43. The Hall–Kier alpha value is -5.67. The Labute approximate surface area is 321 Å². The maximum Gasteiger partial charge on any atom is 0.280 e. The van der Waals surface area contributed by atoms with Gasteiger partial charge in [-0.05, 0) is 62.9 Å². The summed E-state index contributed by atoms with van der Waals surface area (Å²) in [5.41, 5.74) is 7.33. The summed E-state index contributed by atoms with van der Waals surface area (Å²) in [6.45, 7) is 5.06. The van der Waals surface area contributed by atoms with Gasteiger partial charge in [-0.3, -0.25) is 23.9 Å². The number of halogens is 1. The van der Waals surface area contributed by atoms with Gasteiger partial charge in [0.2, 0.25) is 11.8 Å². The topological polar surface area (TPSA) is 166 Å². The summed E-state index contributed by atoms with van der Waals surface area (Å²) in [7, 11) is 1.32. The van der Waals surface area contributed by atoms with Gasteiger partial charge >= 0.3 is 0 Å². The summed E-state index contributed by atoms with van der Waals surface area (Å²) in [6, 6.07) is 17.5. The fourth-order valence-electron chi connectivity index (χ4n) is 7.28. The molecule has 13 nitrogen and oxygen atoms in total. The third-order valence-corrected chi connectivity index (χ3v) is 11.6. The van der Waals surface area contributed by atoms with Crippen molar-refractivity contribution in [3.8, 4) is 28.0 Å². The van der Waals surface area contributed by atoms with Crippen LogP contribution in [0.5, 0.6) is 17.4 Å². The van der Waals surface area contributed by atoms with Crippen LogP contribution >= 0.6 is 11.3 Å². The van der Waals surface area contributed by atoms with Gasteiger partial charge in [0.15, 0.2) is 17.3 Å². The molecule has 5 heterocycles. The lowest BCUT2D eigenvalue weighted by molar-refractivity contribution is -0.142. The number of anilines is 1. The number of pyridine rings is 1. The minimum absolute atomic E-state index is 0.0202. The largest absolute Gasteiger partial charge is 0.494 e. The average molecular weight is 768 g/mol. The molecule has 2 aromatic carbocycles. The Kier molecular flexibility index (Phi) is 10.7. The second-order valence-corrected chi connectivity index (χ2v) is 15.1. The van der Waals surface area contributed by atoms with Gasteiger partial charge in [-0.15, -0.1) is 11.3 Å². The van der Waals surface area contributed by atoms with Crippen molar-refractivity contribution in [2.45, 2.75) is 51.2 Å². The van der Waals surface area contributed by atoms with Crippen molar-refractivity contribution in [1.82, 2.24) is 29.3 Å². The number of methoxy groups -OCH3 is 1. The van der Waals surface area contributed by atoms with E-state index in [2.05, 4.69) is 15.0 Å². The maximum absolute atomic E-state index is 14.2. The second-order valence-electron chi connectivity index (χ2n) is 14.1. The molecule has 0 unspecified atom stereocenters. The van der Waals surface area contributed by atoms with E-state index in [0.717, 1.165) is 27.9 Å². The van der Waals surface area contributed by atoms with Gasteiger partial charge in [0.25, 0.3) is 11.5 Å². The lowest BCUT2D eigenvalue weighted by Crippen LogP contribution is -2.53. The SMILES string of the molecule is COc1cc(Oc2ncn(CC3(O)CCN(C(=O)[C@@H]4CCN(C(=O)c5sc(-c6ccc(C)nc6)nc5C)C[C@H]4c4ccccc4)CC3)c(=O)c2N)ccc1F. The molecular weight excluding hydrogens is 726 g/mol. The Morgan fingerprint density at radius 2 is 1.80 bits per heavy atom. The first kappa shape index (κ1) is 37.6. The fourth-order valence-corrected chi connectivity index (χ4v) is 8.30. The highest BCUT2D eigenvalue weighted by molar-refractivity contribution is 7.17. The molecule has 2 saturated heterocycles. The molecule has 0 aliphatic carbocycles. The van der Waals surface area contributed by atoms with Gasteiger partial charge in [0.1, 0.15) is 22.0 Å². The van der Waals surface area contributed by atoms with E-state index in [1.54, 1.807) is 11.1 Å². The summed E-state index contributed by atoms with van der Waals surface area (Å²) < 4.78 is 25.7. The normalized spacial score (nSPS) is 18.2. The summed E-state index contributed by atoms with van der Waals surface area (Å²) in [5.74, 6) is -1.31. The molecule has 2 atom stereocenters. The predicted octanol–water partition coefficient (Wildman–Crippen LogP) is 5.20. The number of thiazole rings is 1. The molecule has 0 radical (unpaired) electrons. The predicted molar refractivity (Wildman–Crippen MR) is 205 cm³/mol. The monoisotopic (exact) mass is 767 g/mol. The van der Waals surface area contributed by atoms with Crippen LogP contribution in [0.15, 0.2) is 78.0 Å². The Morgan fingerprint density at radius 1 is 1.04 bits per heavy atom. The first-order valence-corrected chi connectivity index (χ1v) is 18.9. The van der Waals surface area contributed by atoms with Gasteiger partial charge in [0, 0.05) is 61.5 Å². The number of carbonyl (C=O) groups is 2. The molecular formula is C40H42FN7O6S. The number of aryl methyl sites for hydroxylation is 2. The molecule has 2 amide bonds. The standard InChI is InChI=1S/C40H42FN7O6S/c1-24-9-10-27(20-43-24)36-45-25(2)34(55-36)39(51)47-16-13-29(30(21-47)26-7-5-4-6-8-26)37(49)46-17-14-40(52,15-18-46)22-48-23-44-35(33(42)38(48)50)54-28-11-12-31(41)32(19-28)53-3/h4-12,19-20,23,29-30,52H,13-18,21-22,42H2,1-3H3/t29-,30+/m1/s1. The van der Waals surface area contributed by atoms with Gasteiger partial charge in [-0.25, -0.2) is 14.4 Å². The van der Waals surface area contributed by atoms with Gasteiger partial charge in [-0.1, -0.05) is 30.3 Å². The van der Waals surface area contributed by atoms with Crippen LogP contribution in [-0.2, 0) is 11.3 Å². The minimum Gasteiger partial charge on any atom is -0.494 e. The van der Waals surface area contributed by atoms with Crippen molar-refractivity contribution < 1.29 is 28.6 Å². The smallest absolute Gasteiger partial charge is 0.280 e. The van der Waals surface area contributed by atoms with E-state index in [1.807, 2.05) is 61.2 Å². The third kappa shape index (κ3) is 7.94. The molecule has 286 valence electrons. The van der Waals surface area contributed by atoms with Gasteiger partial charge in [-0.2, -0.15) is 0 Å². The number of hydrogen-bond acceptors (Lipinski definition) is 11. The highest BCUT2D eigenvalue weighted by Gasteiger charge is 2.42. The molecule has 0 spiro atoms. The van der Waals surface area contributed by atoms with E-state index in [9.17, 15) is 23.9 Å². The molecule has 0 saturated carbocycles. The van der Waals surface area contributed by atoms with Crippen molar-refractivity contribution in [3.63, 3.8) is 0 Å². The molecule has 2 aliphatic rings. The van der Waals surface area contributed by atoms with Gasteiger partial charge < -0.3 is 30.1 Å². The number of likely N-dealkylation sites (tertiary alicyclic amines) is 2. The number of piperidine rings is 2. The number of nitrogens with two attached hydrogens (primary N) is 1. The van der Waals surface area contributed by atoms with E-state index in [-0.39, 0.29) is 79.2 Å². The zero-order valence-corrected chi connectivity index (χ0v) is 31.6. The molecule has 3 aromatic heterocycles. The first-order chi connectivity index (χ1) is 26.4. The van der Waals surface area contributed by atoms with E-state index in [4.69, 9.17) is 15.2 Å². The van der Waals surface area contributed by atoms with Crippen LogP contribution < -0.4 is 20.8 Å². The van der Waals surface area contributed by atoms with Crippen LogP contribution in [0.25, 0.3) is 10.6 Å². The van der Waals surface area contributed by atoms with E-state index >= 15 is 0 Å². The number of amides is 2. The average Bonchev–Trinajstić information content (AvgIpc) is 3.59. The van der Waals surface area contributed by atoms with Crippen LogP contribution in [-0.4, -0.2) is 85.1 Å². The second kappa shape index (κ2) is 15.6. The van der Waals surface area contributed by atoms with Crippen molar-refractivity contribution in [2.75, 3.05) is 39.0 Å². The summed E-state index contributed by atoms with van der Waals surface area (Å²) in [6.07, 6.45) is 3.96. The van der Waals surface area contributed by atoms with Crippen LogP contribution in [0.4, 0.5) is 10.1 Å². The molecule has 3 N–H and O–H groups in total. The maximum atomic E-state index is 14.2. The first-order valence-electron chi connectivity index (χ1n) is 18.0. The van der Waals surface area contributed by atoms with Crippen LogP contribution in [0, 0.1) is 25.6 Å². The van der Waals surface area contributed by atoms with E-state index < -0.39 is 17.0 Å². The molecule has 5 aromatic rings. The molecule has 2 fully saturated rings. The van der Waals surface area contributed by atoms with Crippen LogP contribution in [0.2, 0.25) is 0 Å². The van der Waals surface area contributed by atoms with E-state index in [0.29, 0.717) is 30.1 Å². The summed E-state index contributed by atoms with van der Waals surface area (Å²) >= 11 is 1.36. The molecule has 0 bridgehead atoms. The minimum atomic E-state index is -1.30. The van der Waals surface area contributed by atoms with Gasteiger partial charge in [0.05, 0.1) is 24.9 Å². The van der Waals surface area contributed by atoms with Crippen LogP contribution in [0.3, 0.4) is 0 Å². The number of aromatic nitrogens is 4. The summed E-state index contributed by atoms with van der Waals surface area (Å²) in [4.78, 5) is 58.9. The van der Waals surface area contributed by atoms with Crippen molar-refractivity contribution in [1.29, 1.82) is 0 Å². The molecule has 55 heavy (non-hydrogen) atoms. The number of hydrogen-bond donors (Lipinski definition) is 2. The zero-order valence-electron chi connectivity index (χ0n) is 30.8. The highest BCUT2D eigenvalue weighted by Crippen LogP contribution is 2.37. The van der Waals surface area contributed by atoms with Crippen molar-refractivity contribution in [2.24, 2.45) is 5.92 Å². The number of carbonyl (C=O) groups excluding carboxylic acids is 2. The number of ether oxygens (including phenoxy) is 2. The molecule has 7 rings (SSSR count). The number of benzene rings is 2.